The number of anilines is 4. The van der Waals surface area contributed by atoms with E-state index < -0.39 is 17.6 Å². The van der Waals surface area contributed by atoms with E-state index >= 15 is 0 Å². The fourth-order valence-corrected chi connectivity index (χ4v) is 4.93. The molecule has 42 heavy (non-hydrogen) atoms. The van der Waals surface area contributed by atoms with Crippen molar-refractivity contribution in [2.45, 2.75) is 51.4 Å². The van der Waals surface area contributed by atoms with Crippen LogP contribution in [0, 0.1) is 6.92 Å². The number of nitrogens with zero attached hydrogens (tertiary/aromatic N) is 4. The molecule has 9 nitrogen and oxygen atoms in total. The van der Waals surface area contributed by atoms with Crippen molar-refractivity contribution in [3.63, 3.8) is 0 Å². The smallest absolute Gasteiger partial charge is 0.366 e. The molecule has 1 saturated heterocycles. The molecule has 1 aliphatic heterocycles. The molecule has 0 bridgehead atoms. The molecule has 2 aromatic heterocycles. The van der Waals surface area contributed by atoms with Crippen LogP contribution < -0.4 is 21.3 Å². The van der Waals surface area contributed by atoms with Crippen LogP contribution in [0.2, 0.25) is 0 Å². The Kier molecular flexibility index (Phi) is 8.62. The van der Waals surface area contributed by atoms with Crippen LogP contribution in [0.5, 0.6) is 0 Å². The zero-order chi connectivity index (χ0) is 29.7. The van der Waals surface area contributed by atoms with E-state index in [0.717, 1.165) is 43.5 Å². The van der Waals surface area contributed by atoms with Gasteiger partial charge < -0.3 is 21.3 Å². The van der Waals surface area contributed by atoms with Gasteiger partial charge in [-0.3, -0.25) is 4.79 Å². The van der Waals surface area contributed by atoms with E-state index in [2.05, 4.69) is 48.1 Å². The number of halogens is 3. The predicted molar refractivity (Wildman–Crippen MR) is 156 cm³/mol. The second-order valence-corrected chi connectivity index (χ2v) is 10.1. The monoisotopic (exact) mass is 576 g/mol. The van der Waals surface area contributed by atoms with Gasteiger partial charge in [0.2, 0.25) is 0 Å². The average Bonchev–Trinajstić information content (AvgIpc) is 3.53. The van der Waals surface area contributed by atoms with E-state index in [-0.39, 0.29) is 11.6 Å². The van der Waals surface area contributed by atoms with Crippen molar-refractivity contribution in [3.05, 3.63) is 84.1 Å². The minimum Gasteiger partial charge on any atom is -0.366 e. The molecule has 1 aliphatic rings. The molecule has 1 amide bonds. The summed E-state index contributed by atoms with van der Waals surface area (Å²) in [5, 5.41) is 13.0. The van der Waals surface area contributed by atoms with Crippen molar-refractivity contribution in [1.82, 2.24) is 25.3 Å². The lowest BCUT2D eigenvalue weighted by Crippen LogP contribution is -2.39. The Morgan fingerprint density at radius 2 is 1.95 bits per heavy atom. The molecule has 2 atom stereocenters. The van der Waals surface area contributed by atoms with E-state index in [1.165, 1.54) is 24.8 Å². The topological polar surface area (TPSA) is 117 Å². The second kappa shape index (κ2) is 12.5. The summed E-state index contributed by atoms with van der Waals surface area (Å²) in [5.41, 5.74) is 2.19. The van der Waals surface area contributed by atoms with Crippen LogP contribution in [-0.2, 0) is 6.18 Å². The quantitative estimate of drug-likeness (QED) is 0.186. The largest absolute Gasteiger partial charge is 0.416 e. The Hall–Kier alpha value is -4.58. The number of rotatable bonds is 9. The van der Waals surface area contributed by atoms with Crippen molar-refractivity contribution in [2.75, 3.05) is 22.5 Å². The molecule has 0 spiro atoms. The molecule has 12 heteroatoms. The third-order valence-corrected chi connectivity index (χ3v) is 7.21. The first kappa shape index (κ1) is 28.9. The normalized spacial score (nSPS) is 15.7. The van der Waals surface area contributed by atoms with Crippen LogP contribution in [0.25, 0.3) is 11.3 Å². The van der Waals surface area contributed by atoms with E-state index in [4.69, 9.17) is 0 Å². The lowest BCUT2D eigenvalue weighted by atomic mass is 10.0. The number of amides is 1. The standard InChI is InChI=1S/C30H31F3N8O/c1-3-23(24-8-5-11-35-24)40-27-14-26(36-17-37-27)22-15-34-16-38-28(22)41-25-13-21(10-9-18(25)2)39-29(42)19-6-4-7-20(12-19)30(31,32)33/h4,6-7,9-10,12-17,23-24,35H,3,5,8,11H2,1-2H3,(H,39,42)(H,34,38,41)(H,36,37,40). The fraction of sp³-hybridized carbons (Fsp3) is 0.300. The van der Waals surface area contributed by atoms with Crippen molar-refractivity contribution in [2.24, 2.45) is 0 Å². The average molecular weight is 577 g/mol. The summed E-state index contributed by atoms with van der Waals surface area (Å²) in [7, 11) is 0. The number of benzene rings is 2. The zero-order valence-corrected chi connectivity index (χ0v) is 23.2. The Bertz CT molecular complexity index is 1560. The van der Waals surface area contributed by atoms with Crippen molar-refractivity contribution in [1.29, 1.82) is 0 Å². The van der Waals surface area contributed by atoms with E-state index in [1.54, 1.807) is 24.4 Å². The predicted octanol–water partition coefficient (Wildman–Crippen LogP) is 6.20. The van der Waals surface area contributed by atoms with Gasteiger partial charge in [-0.25, -0.2) is 19.9 Å². The molecule has 0 aliphatic carbocycles. The summed E-state index contributed by atoms with van der Waals surface area (Å²) in [6.07, 6.45) is 3.24. The van der Waals surface area contributed by atoms with E-state index in [1.807, 2.05) is 13.0 Å². The Labute approximate surface area is 241 Å². The number of alkyl halides is 3. The van der Waals surface area contributed by atoms with Gasteiger partial charge in [-0.15, -0.1) is 0 Å². The molecule has 2 aromatic carbocycles. The first-order valence-corrected chi connectivity index (χ1v) is 13.7. The summed E-state index contributed by atoms with van der Waals surface area (Å²) in [5.74, 6) is 0.535. The Morgan fingerprint density at radius 1 is 1.10 bits per heavy atom. The van der Waals surface area contributed by atoms with Gasteiger partial charge in [0, 0.05) is 41.3 Å². The summed E-state index contributed by atoms with van der Waals surface area (Å²) in [6, 6.07) is 11.9. The number of nitrogens with one attached hydrogen (secondary N) is 4. The summed E-state index contributed by atoms with van der Waals surface area (Å²) in [6.45, 7) is 5.05. The molecule has 0 radical (unpaired) electrons. The molecule has 3 heterocycles. The highest BCUT2D eigenvalue weighted by Crippen LogP contribution is 2.32. The van der Waals surface area contributed by atoms with Crippen LogP contribution in [0.15, 0.2) is 67.4 Å². The minimum atomic E-state index is -4.54. The summed E-state index contributed by atoms with van der Waals surface area (Å²) in [4.78, 5) is 30.3. The molecular formula is C30H31F3N8O. The second-order valence-electron chi connectivity index (χ2n) is 10.1. The molecule has 1 fully saturated rings. The maximum absolute atomic E-state index is 13.1. The SMILES string of the molecule is CCC(Nc1cc(-c2cncnc2Nc2cc(NC(=O)c3cccc(C(F)(F)F)c3)ccc2C)ncn1)C1CCCN1. The van der Waals surface area contributed by atoms with Gasteiger partial charge in [0.05, 0.1) is 16.8 Å². The highest BCUT2D eigenvalue weighted by molar-refractivity contribution is 6.04. The number of hydrogen-bond acceptors (Lipinski definition) is 8. The van der Waals surface area contributed by atoms with Crippen LogP contribution in [0.1, 0.15) is 47.7 Å². The Balaban J connectivity index is 1.35. The number of carbonyl (C=O) groups excluding carboxylic acids is 1. The summed E-state index contributed by atoms with van der Waals surface area (Å²) < 4.78 is 39.3. The zero-order valence-electron chi connectivity index (χ0n) is 23.2. The van der Waals surface area contributed by atoms with E-state index in [9.17, 15) is 18.0 Å². The van der Waals surface area contributed by atoms with Gasteiger partial charge in [-0.1, -0.05) is 19.1 Å². The molecule has 4 aromatic rings. The minimum absolute atomic E-state index is 0.0970. The van der Waals surface area contributed by atoms with Gasteiger partial charge >= 0.3 is 6.18 Å². The Morgan fingerprint density at radius 3 is 2.71 bits per heavy atom. The molecule has 218 valence electrons. The highest BCUT2D eigenvalue weighted by Gasteiger charge is 2.31. The number of aromatic nitrogens is 4. The number of hydrogen-bond donors (Lipinski definition) is 4. The number of aryl methyl sites for hydroxylation is 1. The van der Waals surface area contributed by atoms with Crippen LogP contribution in [0.3, 0.4) is 0 Å². The molecule has 0 saturated carbocycles. The fourth-order valence-electron chi connectivity index (χ4n) is 4.93. The maximum atomic E-state index is 13.1. The third kappa shape index (κ3) is 6.82. The van der Waals surface area contributed by atoms with Crippen molar-refractivity contribution < 1.29 is 18.0 Å². The lowest BCUT2D eigenvalue weighted by molar-refractivity contribution is -0.137. The van der Waals surface area contributed by atoms with Crippen molar-refractivity contribution >= 4 is 28.9 Å². The van der Waals surface area contributed by atoms with Crippen LogP contribution in [0.4, 0.5) is 36.2 Å². The third-order valence-electron chi connectivity index (χ3n) is 7.21. The molecule has 5 rings (SSSR count). The van der Waals surface area contributed by atoms with Gasteiger partial charge in [-0.05, 0) is 68.6 Å². The molecule has 4 N–H and O–H groups in total. The van der Waals surface area contributed by atoms with Crippen LogP contribution >= 0.6 is 0 Å². The molecule has 2 unspecified atom stereocenters. The maximum Gasteiger partial charge on any atom is 0.416 e. The van der Waals surface area contributed by atoms with E-state index in [0.29, 0.717) is 40.3 Å². The first-order valence-electron chi connectivity index (χ1n) is 13.7. The van der Waals surface area contributed by atoms with Crippen LogP contribution in [-0.4, -0.2) is 44.5 Å². The summed E-state index contributed by atoms with van der Waals surface area (Å²) >= 11 is 0. The molecular weight excluding hydrogens is 545 g/mol. The highest BCUT2D eigenvalue weighted by atomic mass is 19.4. The van der Waals surface area contributed by atoms with Gasteiger partial charge in [0.15, 0.2) is 0 Å². The first-order chi connectivity index (χ1) is 20.2. The van der Waals surface area contributed by atoms with Gasteiger partial charge in [-0.2, -0.15) is 13.2 Å². The van der Waals surface area contributed by atoms with Gasteiger partial charge in [0.1, 0.15) is 24.3 Å². The van der Waals surface area contributed by atoms with Crippen molar-refractivity contribution in [3.8, 4) is 11.3 Å². The lowest BCUT2D eigenvalue weighted by Gasteiger charge is -2.24. The number of carbonyl (C=O) groups is 1. The van der Waals surface area contributed by atoms with Gasteiger partial charge in [0.25, 0.3) is 5.91 Å².